The predicted molar refractivity (Wildman–Crippen MR) is 56.4 cm³/mol. The summed E-state index contributed by atoms with van der Waals surface area (Å²) in [6, 6.07) is 1.74. The highest BCUT2D eigenvalue weighted by Crippen LogP contribution is 1.97. The number of nitrogens with zero attached hydrogens (tertiary/aromatic N) is 4. The fraction of sp³-hybridized carbons (Fsp3) is 0.444. The molecule has 0 spiro atoms. The van der Waals surface area contributed by atoms with E-state index in [-0.39, 0.29) is 5.97 Å². The Morgan fingerprint density at radius 2 is 2.25 bits per heavy atom. The molecule has 0 saturated carbocycles. The Hall–Kier alpha value is -2.05. The maximum atomic E-state index is 10.2. The molecule has 0 bridgehead atoms. The van der Waals surface area contributed by atoms with Crippen molar-refractivity contribution in [2.75, 3.05) is 6.61 Å². The van der Waals surface area contributed by atoms with Crippen molar-refractivity contribution in [2.45, 2.75) is 20.3 Å². The summed E-state index contributed by atoms with van der Waals surface area (Å²) < 4.78 is 4.55. The van der Waals surface area contributed by atoms with Gasteiger partial charge >= 0.3 is 5.97 Å². The van der Waals surface area contributed by atoms with Gasteiger partial charge in [0.1, 0.15) is 5.52 Å². The van der Waals surface area contributed by atoms with E-state index in [2.05, 4.69) is 30.3 Å². The number of carbonyl (C=O) groups excluding carboxylic acids is 1. The van der Waals surface area contributed by atoms with Crippen LogP contribution in [0.5, 0.6) is 0 Å². The monoisotopic (exact) mass is 223 g/mol. The number of hydrogen-bond acceptors (Lipinski definition) is 6. The van der Waals surface area contributed by atoms with E-state index in [0.29, 0.717) is 18.7 Å². The second kappa shape index (κ2) is 6.44. The molecule has 0 amide bonds. The molecule has 0 aliphatic carbocycles. The van der Waals surface area contributed by atoms with Crippen molar-refractivity contribution in [3.05, 3.63) is 12.3 Å². The smallest absolute Gasteiger partial charge is 0.305 e. The molecule has 0 atom stereocenters. The number of esters is 1. The van der Waals surface area contributed by atoms with Crippen molar-refractivity contribution in [3.8, 4) is 0 Å². The summed E-state index contributed by atoms with van der Waals surface area (Å²) in [6.45, 7) is 4.07. The SMILES string of the molecule is CCOC(=O)CC.c1cc2n[nH]nc2nn1. The van der Waals surface area contributed by atoms with Gasteiger partial charge in [-0.15, -0.1) is 10.2 Å². The van der Waals surface area contributed by atoms with Crippen molar-refractivity contribution < 1.29 is 9.53 Å². The Morgan fingerprint density at radius 3 is 2.81 bits per heavy atom. The number of nitrogens with one attached hydrogen (secondary N) is 1. The van der Waals surface area contributed by atoms with E-state index < -0.39 is 0 Å². The van der Waals surface area contributed by atoms with E-state index >= 15 is 0 Å². The van der Waals surface area contributed by atoms with Gasteiger partial charge in [0.2, 0.25) is 5.65 Å². The fourth-order valence-electron chi connectivity index (χ4n) is 0.874. The number of hydrogen-bond donors (Lipinski definition) is 1. The standard InChI is InChI=1S/C5H10O2.C4H3N5/c1-3-5(6)7-4-2;1-2-5-7-4-3(1)6-9-8-4/h3-4H2,1-2H3;1-2H,(H,6,7,8,9). The van der Waals surface area contributed by atoms with Gasteiger partial charge < -0.3 is 4.74 Å². The molecule has 16 heavy (non-hydrogen) atoms. The Balaban J connectivity index is 0.000000168. The Bertz CT molecular complexity index is 412. The van der Waals surface area contributed by atoms with E-state index in [1.54, 1.807) is 26.1 Å². The van der Waals surface area contributed by atoms with Crippen LogP contribution in [-0.2, 0) is 9.53 Å². The Labute approximate surface area is 92.2 Å². The van der Waals surface area contributed by atoms with Crippen LogP contribution in [0.15, 0.2) is 12.3 Å². The topological polar surface area (TPSA) is 93.7 Å². The second-order valence-corrected chi connectivity index (χ2v) is 2.72. The summed E-state index contributed by atoms with van der Waals surface area (Å²) in [5.41, 5.74) is 1.29. The molecule has 0 aromatic carbocycles. The van der Waals surface area contributed by atoms with Crippen LogP contribution >= 0.6 is 0 Å². The number of fused-ring (bicyclic) bond motifs is 1. The zero-order chi connectivity index (χ0) is 11.8. The van der Waals surface area contributed by atoms with Crippen LogP contribution in [0.3, 0.4) is 0 Å². The molecule has 0 aliphatic heterocycles. The molecule has 0 radical (unpaired) electrons. The number of carbonyl (C=O) groups is 1. The van der Waals surface area contributed by atoms with E-state index in [1.807, 2.05) is 0 Å². The number of rotatable bonds is 2. The Morgan fingerprint density at radius 1 is 1.44 bits per heavy atom. The number of ether oxygens (including phenoxy) is 1. The summed E-state index contributed by atoms with van der Waals surface area (Å²) in [5, 5.41) is 17.2. The van der Waals surface area contributed by atoms with Gasteiger partial charge in [0.25, 0.3) is 0 Å². The molecule has 0 saturated heterocycles. The van der Waals surface area contributed by atoms with Gasteiger partial charge in [-0.3, -0.25) is 4.79 Å². The first-order valence-electron chi connectivity index (χ1n) is 4.91. The quantitative estimate of drug-likeness (QED) is 0.753. The molecular weight excluding hydrogens is 210 g/mol. The molecule has 0 unspecified atom stereocenters. The summed E-state index contributed by atoms with van der Waals surface area (Å²) in [5.74, 6) is -0.123. The summed E-state index contributed by atoms with van der Waals surface area (Å²) in [6.07, 6.45) is 2.05. The van der Waals surface area contributed by atoms with Gasteiger partial charge in [-0.05, 0) is 13.0 Å². The van der Waals surface area contributed by atoms with Gasteiger partial charge in [0.15, 0.2) is 0 Å². The first-order valence-corrected chi connectivity index (χ1v) is 4.91. The summed E-state index contributed by atoms with van der Waals surface area (Å²) in [4.78, 5) is 10.2. The van der Waals surface area contributed by atoms with E-state index in [9.17, 15) is 4.79 Å². The van der Waals surface area contributed by atoms with Gasteiger partial charge in [0.05, 0.1) is 12.8 Å². The molecule has 0 aliphatic rings. The lowest BCUT2D eigenvalue weighted by Gasteiger charge is -1.93. The minimum atomic E-state index is -0.123. The molecular formula is C9H13N5O2. The zero-order valence-electron chi connectivity index (χ0n) is 9.17. The average Bonchev–Trinajstić information content (AvgIpc) is 2.78. The third-order valence-corrected chi connectivity index (χ3v) is 1.60. The van der Waals surface area contributed by atoms with Crippen LogP contribution in [0.2, 0.25) is 0 Å². The predicted octanol–water partition coefficient (Wildman–Crippen LogP) is 0.707. The highest BCUT2D eigenvalue weighted by molar-refractivity contribution is 5.68. The lowest BCUT2D eigenvalue weighted by atomic mass is 10.5. The zero-order valence-corrected chi connectivity index (χ0v) is 9.17. The minimum Gasteiger partial charge on any atom is -0.466 e. The van der Waals surface area contributed by atoms with Crippen LogP contribution in [0.1, 0.15) is 20.3 Å². The third-order valence-electron chi connectivity index (χ3n) is 1.60. The molecule has 2 aromatic heterocycles. The fourth-order valence-corrected chi connectivity index (χ4v) is 0.874. The summed E-state index contributed by atoms with van der Waals surface area (Å²) >= 11 is 0. The molecule has 2 heterocycles. The third kappa shape index (κ3) is 3.60. The van der Waals surface area contributed by atoms with Gasteiger partial charge in [0, 0.05) is 6.42 Å². The van der Waals surface area contributed by atoms with Crippen LogP contribution in [0, 0.1) is 0 Å². The molecule has 2 aromatic rings. The molecule has 7 heteroatoms. The van der Waals surface area contributed by atoms with Crippen molar-refractivity contribution in [1.29, 1.82) is 0 Å². The van der Waals surface area contributed by atoms with Crippen LogP contribution < -0.4 is 0 Å². The van der Waals surface area contributed by atoms with Crippen LogP contribution in [0.4, 0.5) is 0 Å². The van der Waals surface area contributed by atoms with Crippen LogP contribution in [0.25, 0.3) is 11.2 Å². The molecule has 7 nitrogen and oxygen atoms in total. The average molecular weight is 223 g/mol. The maximum Gasteiger partial charge on any atom is 0.305 e. The van der Waals surface area contributed by atoms with Crippen LogP contribution in [-0.4, -0.2) is 38.2 Å². The minimum absolute atomic E-state index is 0.123. The summed E-state index contributed by atoms with van der Waals surface area (Å²) in [7, 11) is 0. The Kier molecular flexibility index (Phi) is 4.84. The highest BCUT2D eigenvalue weighted by Gasteiger charge is 1.93. The molecule has 2 rings (SSSR count). The van der Waals surface area contributed by atoms with Crippen molar-refractivity contribution >= 4 is 17.1 Å². The molecule has 0 fully saturated rings. The van der Waals surface area contributed by atoms with Gasteiger partial charge in [-0.25, -0.2) is 0 Å². The van der Waals surface area contributed by atoms with E-state index in [4.69, 9.17) is 0 Å². The normalized spacial score (nSPS) is 9.38. The number of aromatic nitrogens is 5. The number of aromatic amines is 1. The first kappa shape index (κ1) is 12.0. The van der Waals surface area contributed by atoms with E-state index in [0.717, 1.165) is 5.52 Å². The first-order chi connectivity index (χ1) is 7.77. The molecule has 86 valence electrons. The second-order valence-electron chi connectivity index (χ2n) is 2.72. The van der Waals surface area contributed by atoms with Crippen molar-refractivity contribution in [1.82, 2.24) is 25.6 Å². The lowest BCUT2D eigenvalue weighted by Crippen LogP contribution is -2.00. The maximum absolute atomic E-state index is 10.2. The van der Waals surface area contributed by atoms with Gasteiger partial charge in [-0.2, -0.15) is 15.4 Å². The highest BCUT2D eigenvalue weighted by atomic mass is 16.5. The van der Waals surface area contributed by atoms with Crippen molar-refractivity contribution in [2.24, 2.45) is 0 Å². The molecule has 1 N–H and O–H groups in total. The van der Waals surface area contributed by atoms with Gasteiger partial charge in [-0.1, -0.05) is 6.92 Å². The van der Waals surface area contributed by atoms with Crippen molar-refractivity contribution in [3.63, 3.8) is 0 Å². The lowest BCUT2D eigenvalue weighted by molar-refractivity contribution is -0.142. The number of H-pyrrole nitrogens is 1. The largest absolute Gasteiger partial charge is 0.466 e. The van der Waals surface area contributed by atoms with E-state index in [1.165, 1.54) is 0 Å².